The Bertz CT molecular complexity index is 1260. The number of anilines is 2. The van der Waals surface area contributed by atoms with E-state index in [4.69, 9.17) is 18.6 Å². The molecular formula is C27H30F4N4O2. The van der Waals surface area contributed by atoms with E-state index < -0.39 is 46.2 Å². The quantitative estimate of drug-likeness (QED) is 0.255. The molecule has 10 heteroatoms. The Morgan fingerprint density at radius 2 is 1.16 bits per heavy atom. The summed E-state index contributed by atoms with van der Waals surface area (Å²) in [5.74, 6) is -0.786. The van der Waals surface area contributed by atoms with Crippen LogP contribution >= 0.6 is 0 Å². The molecule has 0 atom stereocenters. The fourth-order valence-electron chi connectivity index (χ4n) is 2.70. The maximum absolute atomic E-state index is 13.3. The van der Waals surface area contributed by atoms with Gasteiger partial charge in [0.25, 0.3) is 11.8 Å². The summed E-state index contributed by atoms with van der Waals surface area (Å²) in [5.41, 5.74) is 3.61. The monoisotopic (exact) mass is 518 g/mol. The second-order valence-corrected chi connectivity index (χ2v) is 9.41. The number of carbonyl (C=O) groups excluding carboxylic acids is 2. The third-order valence-corrected chi connectivity index (χ3v) is 4.66. The van der Waals surface area contributed by atoms with E-state index in [2.05, 4.69) is 27.8 Å². The van der Waals surface area contributed by atoms with E-state index in [1.54, 1.807) is 27.7 Å². The molecule has 0 aliphatic rings. The van der Waals surface area contributed by atoms with Crippen LogP contribution in [0.4, 0.5) is 28.9 Å². The lowest BCUT2D eigenvalue weighted by atomic mass is 10.0. The third-order valence-electron chi connectivity index (χ3n) is 4.66. The highest BCUT2D eigenvalue weighted by molar-refractivity contribution is 6.00. The minimum Gasteiger partial charge on any atom is -0.398 e. The summed E-state index contributed by atoms with van der Waals surface area (Å²) in [5, 5.41) is 7.95. The van der Waals surface area contributed by atoms with Crippen LogP contribution in [0.5, 0.6) is 0 Å². The van der Waals surface area contributed by atoms with Gasteiger partial charge in [-0.25, -0.2) is 17.6 Å². The van der Waals surface area contributed by atoms with Gasteiger partial charge in [0, 0.05) is 23.9 Å². The molecule has 0 radical (unpaired) electrons. The number of amides is 2. The van der Waals surface area contributed by atoms with Gasteiger partial charge >= 0.3 is 0 Å². The summed E-state index contributed by atoms with van der Waals surface area (Å²) >= 11 is 0. The molecule has 0 aromatic heterocycles. The van der Waals surface area contributed by atoms with Gasteiger partial charge in [-0.05, 0) is 53.7 Å². The molecule has 0 spiro atoms. The number of nitrogens with one attached hydrogen (secondary N) is 3. The van der Waals surface area contributed by atoms with E-state index in [9.17, 15) is 27.2 Å². The van der Waals surface area contributed by atoms with Gasteiger partial charge in [0.15, 0.2) is 23.3 Å². The molecule has 0 aliphatic heterocycles. The number of terminal acetylenes is 2. The van der Waals surface area contributed by atoms with E-state index >= 15 is 0 Å². The first kappa shape index (κ1) is 30.9. The van der Waals surface area contributed by atoms with Crippen molar-refractivity contribution in [3.63, 3.8) is 0 Å². The molecule has 5 N–H and O–H groups in total. The average molecular weight is 519 g/mol. The summed E-state index contributed by atoms with van der Waals surface area (Å²) in [7, 11) is 0. The summed E-state index contributed by atoms with van der Waals surface area (Å²) in [6, 6.07) is 3.29. The van der Waals surface area contributed by atoms with Gasteiger partial charge in [0.2, 0.25) is 0 Å². The highest BCUT2D eigenvalue weighted by atomic mass is 19.2. The third kappa shape index (κ3) is 9.08. The molecule has 0 unspecified atom stereocenters. The Morgan fingerprint density at radius 1 is 0.784 bits per heavy atom. The molecule has 0 saturated carbocycles. The van der Waals surface area contributed by atoms with Gasteiger partial charge in [-0.1, -0.05) is 11.8 Å². The van der Waals surface area contributed by atoms with Crippen LogP contribution in [0, 0.1) is 48.0 Å². The number of nitrogens with two attached hydrogens (primary N) is 1. The SMILES string of the molecule is C#CC(C)(C)NC(=O)c1cc(F)c(F)cc1N.C#CC(C)(C)NC(=O)c1cc(F)c(F)cc1NC(C)C. The highest BCUT2D eigenvalue weighted by Crippen LogP contribution is 2.22. The molecule has 2 amide bonds. The van der Waals surface area contributed by atoms with Crippen molar-refractivity contribution in [2.24, 2.45) is 0 Å². The fourth-order valence-corrected chi connectivity index (χ4v) is 2.70. The summed E-state index contributed by atoms with van der Waals surface area (Å²) in [6.07, 6.45) is 10.5. The number of hydrogen-bond donors (Lipinski definition) is 4. The van der Waals surface area contributed by atoms with Crippen molar-refractivity contribution in [1.29, 1.82) is 0 Å². The molecule has 2 aromatic carbocycles. The zero-order chi connectivity index (χ0) is 28.7. The zero-order valence-corrected chi connectivity index (χ0v) is 21.4. The second-order valence-electron chi connectivity index (χ2n) is 9.41. The van der Waals surface area contributed by atoms with Crippen molar-refractivity contribution in [2.45, 2.75) is 58.7 Å². The lowest BCUT2D eigenvalue weighted by molar-refractivity contribution is 0.0921. The van der Waals surface area contributed by atoms with E-state index in [1.165, 1.54) is 0 Å². The summed E-state index contributed by atoms with van der Waals surface area (Å²) in [4.78, 5) is 23.9. The van der Waals surface area contributed by atoms with Gasteiger partial charge in [-0.3, -0.25) is 9.59 Å². The van der Waals surface area contributed by atoms with Crippen LogP contribution < -0.4 is 21.7 Å². The van der Waals surface area contributed by atoms with E-state index in [0.717, 1.165) is 24.3 Å². The number of carbonyl (C=O) groups is 2. The summed E-state index contributed by atoms with van der Waals surface area (Å²) in [6.45, 7) is 10.1. The van der Waals surface area contributed by atoms with Gasteiger partial charge < -0.3 is 21.7 Å². The van der Waals surface area contributed by atoms with Gasteiger partial charge in [-0.15, -0.1) is 12.8 Å². The van der Waals surface area contributed by atoms with Crippen molar-refractivity contribution in [2.75, 3.05) is 11.1 Å². The maximum Gasteiger partial charge on any atom is 0.254 e. The molecule has 0 heterocycles. The first-order valence-electron chi connectivity index (χ1n) is 11.0. The van der Waals surface area contributed by atoms with E-state index in [0.29, 0.717) is 0 Å². The summed E-state index contributed by atoms with van der Waals surface area (Å²) < 4.78 is 52.4. The number of benzene rings is 2. The van der Waals surface area contributed by atoms with E-state index in [1.807, 2.05) is 13.8 Å². The Labute approximate surface area is 214 Å². The fraction of sp³-hybridized carbons (Fsp3) is 0.333. The minimum atomic E-state index is -1.14. The molecule has 0 bridgehead atoms. The second kappa shape index (κ2) is 12.2. The number of nitrogen functional groups attached to an aromatic ring is 1. The first-order valence-corrected chi connectivity index (χ1v) is 11.0. The smallest absolute Gasteiger partial charge is 0.254 e. The predicted octanol–water partition coefficient (Wildman–Crippen LogP) is 4.62. The molecule has 0 fully saturated rings. The van der Waals surface area contributed by atoms with Crippen molar-refractivity contribution in [3.05, 3.63) is 58.7 Å². The molecule has 6 nitrogen and oxygen atoms in total. The van der Waals surface area contributed by atoms with Crippen molar-refractivity contribution in [1.82, 2.24) is 10.6 Å². The topological polar surface area (TPSA) is 96.2 Å². The molecule has 0 aliphatic carbocycles. The Balaban J connectivity index is 0.000000375. The van der Waals surface area contributed by atoms with Crippen LogP contribution in [0.3, 0.4) is 0 Å². The molecule has 0 saturated heterocycles. The lowest BCUT2D eigenvalue weighted by Crippen LogP contribution is -2.42. The van der Waals surface area contributed by atoms with Gasteiger partial charge in [0.05, 0.1) is 27.9 Å². The van der Waals surface area contributed by atoms with Crippen LogP contribution in [-0.4, -0.2) is 28.9 Å². The predicted molar refractivity (Wildman–Crippen MR) is 137 cm³/mol. The van der Waals surface area contributed by atoms with Crippen LogP contribution in [-0.2, 0) is 0 Å². The number of rotatable bonds is 6. The Morgan fingerprint density at radius 3 is 1.59 bits per heavy atom. The zero-order valence-electron chi connectivity index (χ0n) is 21.4. The molecule has 2 rings (SSSR count). The largest absolute Gasteiger partial charge is 0.398 e. The van der Waals surface area contributed by atoms with Gasteiger partial charge in [-0.2, -0.15) is 0 Å². The van der Waals surface area contributed by atoms with Crippen LogP contribution in [0.2, 0.25) is 0 Å². The molecule has 198 valence electrons. The minimum absolute atomic E-state index is 0.0147. The molecular weight excluding hydrogens is 488 g/mol. The van der Waals surface area contributed by atoms with Crippen LogP contribution in [0.25, 0.3) is 0 Å². The lowest BCUT2D eigenvalue weighted by Gasteiger charge is -2.21. The highest BCUT2D eigenvalue weighted by Gasteiger charge is 2.23. The number of halogens is 4. The first-order chi connectivity index (χ1) is 16.9. The average Bonchev–Trinajstić information content (AvgIpc) is 2.78. The number of hydrogen-bond acceptors (Lipinski definition) is 4. The van der Waals surface area contributed by atoms with Crippen molar-refractivity contribution >= 4 is 23.2 Å². The Kier molecular flexibility index (Phi) is 10.2. The van der Waals surface area contributed by atoms with Crippen LogP contribution in [0.15, 0.2) is 24.3 Å². The standard InChI is InChI=1S/C15H18F2N2O.C12H12F2N2O/c1-6-15(4,5)19-14(20)10-7-11(16)12(17)8-13(10)18-9(2)3;1-4-12(2,3)16-11(17)7-5-8(13)9(14)6-10(7)15/h1,7-9,18H,2-5H3,(H,19,20);1,5-6H,15H2,2-3H3,(H,16,17). The van der Waals surface area contributed by atoms with Gasteiger partial charge in [0.1, 0.15) is 0 Å². The van der Waals surface area contributed by atoms with Crippen molar-refractivity contribution < 1.29 is 27.2 Å². The molecule has 2 aromatic rings. The van der Waals surface area contributed by atoms with Crippen molar-refractivity contribution in [3.8, 4) is 24.7 Å². The van der Waals surface area contributed by atoms with E-state index in [-0.39, 0.29) is 28.5 Å². The maximum atomic E-state index is 13.3. The Hall–Kier alpha value is -4.18. The normalized spacial score (nSPS) is 10.9. The van der Waals surface area contributed by atoms with Crippen LogP contribution in [0.1, 0.15) is 62.3 Å². The molecule has 37 heavy (non-hydrogen) atoms.